The second-order valence-corrected chi connectivity index (χ2v) is 8.20. The molecule has 0 unspecified atom stereocenters. The second kappa shape index (κ2) is 16.3. The summed E-state index contributed by atoms with van der Waals surface area (Å²) in [5.74, 6) is 0. The zero-order valence-electron chi connectivity index (χ0n) is 16.3. The van der Waals surface area contributed by atoms with Crippen molar-refractivity contribution in [1.82, 2.24) is 0 Å². The molecule has 148 valence electrons. The summed E-state index contributed by atoms with van der Waals surface area (Å²) >= 11 is 0. The molecule has 0 saturated heterocycles. The van der Waals surface area contributed by atoms with Crippen molar-refractivity contribution >= 4 is 10.4 Å². The van der Waals surface area contributed by atoms with E-state index < -0.39 is 10.4 Å². The summed E-state index contributed by atoms with van der Waals surface area (Å²) in [4.78, 5) is 0. The lowest BCUT2D eigenvalue weighted by molar-refractivity contribution is 0.283. The van der Waals surface area contributed by atoms with Crippen LogP contribution in [0.4, 0.5) is 0 Å². The van der Waals surface area contributed by atoms with Gasteiger partial charge in [-0.25, -0.2) is 4.18 Å². The Bertz CT molecular complexity index is 351. The highest BCUT2D eigenvalue weighted by atomic mass is 32.3. The van der Waals surface area contributed by atoms with E-state index in [4.69, 9.17) is 10.3 Å². The van der Waals surface area contributed by atoms with E-state index in [-0.39, 0.29) is 12.1 Å². The molecule has 0 aromatic rings. The average Bonchev–Trinajstić information content (AvgIpc) is 2.43. The first-order chi connectivity index (χ1) is 11.1. The first kappa shape index (κ1) is 26.1. The van der Waals surface area contributed by atoms with Gasteiger partial charge < -0.3 is 5.73 Å². The zero-order valence-corrected chi connectivity index (χ0v) is 17.2. The first-order valence-corrected chi connectivity index (χ1v) is 10.9. The number of hydrogen-bond acceptors (Lipinski definition) is 4. The predicted molar refractivity (Wildman–Crippen MR) is 103 cm³/mol. The zero-order chi connectivity index (χ0) is 18.9. The van der Waals surface area contributed by atoms with Gasteiger partial charge in [-0.15, -0.1) is 0 Å². The van der Waals surface area contributed by atoms with Crippen LogP contribution in [0.25, 0.3) is 0 Å². The van der Waals surface area contributed by atoms with Crippen molar-refractivity contribution < 1.29 is 17.2 Å². The van der Waals surface area contributed by atoms with E-state index in [0.29, 0.717) is 0 Å². The molecule has 0 aliphatic carbocycles. The Balaban J connectivity index is 0. The van der Waals surface area contributed by atoms with Crippen LogP contribution in [0.5, 0.6) is 0 Å². The maximum absolute atomic E-state index is 9.56. The molecule has 3 N–H and O–H groups in total. The minimum absolute atomic E-state index is 0.0289. The molecular weight excluding hydrogens is 326 g/mol. The molecule has 0 spiro atoms. The molecule has 0 atom stereocenters. The van der Waals surface area contributed by atoms with Gasteiger partial charge in [-0.3, -0.25) is 4.55 Å². The Labute approximate surface area is 150 Å². The van der Waals surface area contributed by atoms with Crippen LogP contribution in [0.2, 0.25) is 0 Å². The highest BCUT2D eigenvalue weighted by Gasteiger charge is 2.08. The lowest BCUT2D eigenvalue weighted by atomic mass is 9.97. The Morgan fingerprint density at radius 3 is 1.46 bits per heavy atom. The van der Waals surface area contributed by atoms with Gasteiger partial charge in [0.15, 0.2) is 0 Å². The molecule has 0 aromatic carbocycles. The smallest absolute Gasteiger partial charge is 0.326 e. The van der Waals surface area contributed by atoms with Crippen molar-refractivity contribution in [2.45, 2.75) is 110 Å². The summed E-state index contributed by atoms with van der Waals surface area (Å²) in [5, 5.41) is 0. The summed E-state index contributed by atoms with van der Waals surface area (Å²) in [7, 11) is -4.17. The lowest BCUT2D eigenvalue weighted by Gasteiger charge is -2.17. The quantitative estimate of drug-likeness (QED) is 0.323. The summed E-state index contributed by atoms with van der Waals surface area (Å²) in [6.45, 7) is 7.97. The van der Waals surface area contributed by atoms with Crippen molar-refractivity contribution in [3.63, 3.8) is 0 Å². The van der Waals surface area contributed by atoms with E-state index in [1.165, 1.54) is 84.0 Å². The molecule has 5 nitrogen and oxygen atoms in total. The van der Waals surface area contributed by atoms with Crippen molar-refractivity contribution in [3.8, 4) is 0 Å². The largest absolute Gasteiger partial charge is 0.397 e. The maximum Gasteiger partial charge on any atom is 0.397 e. The van der Waals surface area contributed by atoms with Gasteiger partial charge in [-0.1, -0.05) is 77.6 Å². The second-order valence-electron chi connectivity index (χ2n) is 7.11. The number of rotatable bonds is 14. The van der Waals surface area contributed by atoms with E-state index in [9.17, 15) is 8.42 Å². The van der Waals surface area contributed by atoms with Crippen LogP contribution in [0.15, 0.2) is 0 Å². The van der Waals surface area contributed by atoms with Gasteiger partial charge in [0.1, 0.15) is 0 Å². The van der Waals surface area contributed by atoms with E-state index in [2.05, 4.69) is 25.0 Å². The third-order valence-electron chi connectivity index (χ3n) is 3.69. The van der Waals surface area contributed by atoms with Crippen LogP contribution in [-0.2, 0) is 14.6 Å². The molecule has 0 aliphatic rings. The van der Waals surface area contributed by atoms with Crippen LogP contribution in [0, 0.1) is 0 Å². The van der Waals surface area contributed by atoms with Crippen molar-refractivity contribution in [2.24, 2.45) is 5.73 Å². The Hall–Kier alpha value is -0.170. The van der Waals surface area contributed by atoms with E-state index in [0.717, 1.165) is 0 Å². The van der Waals surface area contributed by atoms with Gasteiger partial charge in [-0.2, -0.15) is 8.42 Å². The van der Waals surface area contributed by atoms with E-state index in [1.807, 2.05) is 0 Å². The van der Waals surface area contributed by atoms with Crippen LogP contribution in [0.1, 0.15) is 105 Å². The number of nitrogens with two attached hydrogens (primary N) is 1. The molecular formula is C18H41NO4S. The van der Waals surface area contributed by atoms with Gasteiger partial charge in [0.05, 0.1) is 6.61 Å². The Morgan fingerprint density at radius 1 is 0.833 bits per heavy atom. The molecule has 0 aliphatic heterocycles. The molecule has 0 heterocycles. The highest BCUT2D eigenvalue weighted by molar-refractivity contribution is 7.80. The monoisotopic (exact) mass is 367 g/mol. The van der Waals surface area contributed by atoms with Crippen LogP contribution >= 0.6 is 0 Å². The summed E-state index contributed by atoms with van der Waals surface area (Å²) in [6, 6.07) is 0. The summed E-state index contributed by atoms with van der Waals surface area (Å²) < 4.78 is 30.7. The minimum Gasteiger partial charge on any atom is -0.326 e. The van der Waals surface area contributed by atoms with Crippen molar-refractivity contribution in [2.75, 3.05) is 6.61 Å². The highest BCUT2D eigenvalue weighted by Crippen LogP contribution is 2.14. The average molecular weight is 368 g/mol. The van der Waals surface area contributed by atoms with Gasteiger partial charge >= 0.3 is 10.4 Å². The fourth-order valence-electron chi connectivity index (χ4n) is 2.39. The minimum atomic E-state index is -4.17. The SMILES string of the molecule is CCCCCCCCCCCCCC(C)(C)N.CCOS(=O)(=O)O. The normalized spacial score (nSPS) is 11.9. The van der Waals surface area contributed by atoms with E-state index in [1.54, 1.807) is 0 Å². The lowest BCUT2D eigenvalue weighted by Crippen LogP contribution is -2.31. The summed E-state index contributed by atoms with van der Waals surface area (Å²) in [6.07, 6.45) is 16.7. The third-order valence-corrected chi connectivity index (χ3v) is 4.23. The predicted octanol–water partition coefficient (Wildman–Crippen LogP) is 5.25. The van der Waals surface area contributed by atoms with Crippen molar-refractivity contribution in [1.29, 1.82) is 0 Å². The molecule has 0 rings (SSSR count). The fraction of sp³-hybridized carbons (Fsp3) is 1.00. The Morgan fingerprint density at radius 2 is 1.21 bits per heavy atom. The fourth-order valence-corrected chi connectivity index (χ4v) is 2.69. The van der Waals surface area contributed by atoms with Gasteiger partial charge in [-0.05, 0) is 27.2 Å². The van der Waals surface area contributed by atoms with E-state index >= 15 is 0 Å². The maximum atomic E-state index is 9.56. The van der Waals surface area contributed by atoms with Gasteiger partial charge in [0.2, 0.25) is 0 Å². The standard InChI is InChI=1S/C16H35N.C2H6O4S/c1-4-5-6-7-8-9-10-11-12-13-14-15-16(2,3)17;1-2-6-7(3,4)5/h4-15,17H2,1-3H3;2H2,1H3,(H,3,4,5). The number of hydrogen-bond donors (Lipinski definition) is 2. The van der Waals surface area contributed by atoms with Gasteiger partial charge in [0, 0.05) is 5.54 Å². The molecule has 0 bridgehead atoms. The topological polar surface area (TPSA) is 89.6 Å². The summed E-state index contributed by atoms with van der Waals surface area (Å²) in [5.41, 5.74) is 6.00. The third kappa shape index (κ3) is 29.8. The number of unbranched alkanes of at least 4 members (excludes halogenated alkanes) is 10. The molecule has 0 radical (unpaired) electrons. The van der Waals surface area contributed by atoms with Crippen LogP contribution in [-0.4, -0.2) is 25.1 Å². The molecule has 0 aromatic heterocycles. The molecule has 0 saturated carbocycles. The molecule has 24 heavy (non-hydrogen) atoms. The van der Waals surface area contributed by atoms with Crippen LogP contribution in [0.3, 0.4) is 0 Å². The first-order valence-electron chi connectivity index (χ1n) is 9.53. The van der Waals surface area contributed by atoms with Crippen molar-refractivity contribution in [3.05, 3.63) is 0 Å². The molecule has 0 amide bonds. The van der Waals surface area contributed by atoms with Gasteiger partial charge in [0.25, 0.3) is 0 Å². The van der Waals surface area contributed by atoms with Crippen LogP contribution < -0.4 is 5.73 Å². The molecule has 0 fully saturated rings. The Kier molecular flexibility index (Phi) is 17.7. The molecule has 6 heteroatoms.